The van der Waals surface area contributed by atoms with Crippen LogP contribution in [0.4, 0.5) is 0 Å². The van der Waals surface area contributed by atoms with Gasteiger partial charge in [0.2, 0.25) is 0 Å². The second-order valence-electron chi connectivity index (χ2n) is 4.75. The van der Waals surface area contributed by atoms with Crippen molar-refractivity contribution >= 4 is 5.78 Å². The van der Waals surface area contributed by atoms with Gasteiger partial charge in [0, 0.05) is 20.6 Å². The molecule has 18 heavy (non-hydrogen) atoms. The molecule has 1 aromatic rings. The molecule has 1 atom stereocenters. The van der Waals surface area contributed by atoms with Crippen molar-refractivity contribution in [2.24, 2.45) is 0 Å². The predicted molar refractivity (Wildman–Crippen MR) is 69.6 cm³/mol. The maximum Gasteiger partial charge on any atom is 0.174 e. The van der Waals surface area contributed by atoms with Crippen molar-refractivity contribution in [3.05, 3.63) is 35.4 Å². The Bertz CT molecular complexity index is 428. The number of benzene rings is 1. The van der Waals surface area contributed by atoms with Gasteiger partial charge in [0.15, 0.2) is 11.4 Å². The highest BCUT2D eigenvalue weighted by Gasteiger charge is 2.41. The van der Waals surface area contributed by atoms with Gasteiger partial charge in [0.1, 0.15) is 0 Å². The number of carbonyl (C=O) groups excluding carboxylic acids is 1. The van der Waals surface area contributed by atoms with Crippen molar-refractivity contribution in [2.45, 2.75) is 31.3 Å². The largest absolute Gasteiger partial charge is 0.381 e. The zero-order valence-corrected chi connectivity index (χ0v) is 11.1. The van der Waals surface area contributed by atoms with Gasteiger partial charge in [-0.1, -0.05) is 24.3 Å². The van der Waals surface area contributed by atoms with Crippen molar-refractivity contribution in [3.8, 4) is 0 Å². The van der Waals surface area contributed by atoms with E-state index >= 15 is 0 Å². The van der Waals surface area contributed by atoms with Gasteiger partial charge in [0.05, 0.1) is 6.61 Å². The van der Waals surface area contributed by atoms with E-state index in [1.165, 1.54) is 5.56 Å². The molecule has 0 spiro atoms. The van der Waals surface area contributed by atoms with Crippen molar-refractivity contribution in [1.82, 2.24) is 0 Å². The molecule has 1 unspecified atom stereocenters. The number of Topliss-reactive ketones (excluding diaryl/α,β-unsaturated/α-hetero) is 1. The Hall–Kier alpha value is -1.19. The number of hydrogen-bond donors (Lipinski definition) is 0. The molecule has 3 nitrogen and oxygen atoms in total. The van der Waals surface area contributed by atoms with Crippen LogP contribution < -0.4 is 0 Å². The van der Waals surface area contributed by atoms with Gasteiger partial charge in [-0.25, -0.2) is 0 Å². The minimum atomic E-state index is -0.925. The first kappa shape index (κ1) is 13.2. The van der Waals surface area contributed by atoms with E-state index in [-0.39, 0.29) is 12.4 Å². The molecular weight excluding hydrogens is 228 g/mol. The van der Waals surface area contributed by atoms with E-state index in [1.807, 2.05) is 18.2 Å². The topological polar surface area (TPSA) is 35.5 Å². The van der Waals surface area contributed by atoms with Crippen molar-refractivity contribution < 1.29 is 14.3 Å². The van der Waals surface area contributed by atoms with Gasteiger partial charge < -0.3 is 9.47 Å². The lowest BCUT2D eigenvalue weighted by Gasteiger charge is -2.34. The zero-order valence-electron chi connectivity index (χ0n) is 11.1. The van der Waals surface area contributed by atoms with Crippen LogP contribution in [0.1, 0.15) is 30.4 Å². The Kier molecular flexibility index (Phi) is 4.15. The highest BCUT2D eigenvalue weighted by molar-refractivity contribution is 5.89. The minimum absolute atomic E-state index is 0.124. The summed E-state index contributed by atoms with van der Waals surface area (Å²) in [6.45, 7) is 0.277. The summed E-state index contributed by atoms with van der Waals surface area (Å²) in [5.41, 5.74) is 1.25. The summed E-state index contributed by atoms with van der Waals surface area (Å²) >= 11 is 0. The maximum absolute atomic E-state index is 12.5. The van der Waals surface area contributed by atoms with E-state index in [2.05, 4.69) is 6.07 Å². The normalized spacial score (nSPS) is 24.2. The van der Waals surface area contributed by atoms with E-state index < -0.39 is 5.60 Å². The molecule has 0 saturated heterocycles. The maximum atomic E-state index is 12.5. The number of carbonyl (C=O) groups is 1. The van der Waals surface area contributed by atoms with Crippen LogP contribution in [0.3, 0.4) is 0 Å². The average Bonchev–Trinajstić information content (AvgIpc) is 2.40. The van der Waals surface area contributed by atoms with Gasteiger partial charge in [-0.2, -0.15) is 0 Å². The Morgan fingerprint density at radius 2 is 1.89 bits per heavy atom. The molecule has 0 aromatic heterocycles. The van der Waals surface area contributed by atoms with Gasteiger partial charge in [0.25, 0.3) is 0 Å². The Morgan fingerprint density at radius 1 is 1.17 bits per heavy atom. The molecule has 1 aliphatic rings. The summed E-state index contributed by atoms with van der Waals surface area (Å²) in [7, 11) is 3.20. The number of fused-ring (bicyclic) bond motifs is 1. The first-order chi connectivity index (χ1) is 8.74. The standard InChI is InChI=1S/C15H20O3/c1-17-11-15(18-2)13-9-5-3-7-12(13)8-4-6-10-14(15)16/h3,5,7,9H,4,6,8,10-11H2,1-2H3. The molecule has 0 fully saturated rings. The molecule has 0 aliphatic heterocycles. The molecule has 1 aliphatic carbocycles. The number of ether oxygens (including phenoxy) is 2. The summed E-state index contributed by atoms with van der Waals surface area (Å²) in [4.78, 5) is 12.5. The molecule has 0 N–H and O–H groups in total. The van der Waals surface area contributed by atoms with Crippen LogP contribution in [0.15, 0.2) is 24.3 Å². The summed E-state index contributed by atoms with van der Waals surface area (Å²) in [5, 5.41) is 0. The third-order valence-electron chi connectivity index (χ3n) is 3.70. The summed E-state index contributed by atoms with van der Waals surface area (Å²) in [6, 6.07) is 8.04. The van der Waals surface area contributed by atoms with E-state index in [0.717, 1.165) is 24.8 Å². The summed E-state index contributed by atoms with van der Waals surface area (Å²) in [5.74, 6) is 0.124. The molecule has 1 aromatic carbocycles. The first-order valence-electron chi connectivity index (χ1n) is 6.40. The Morgan fingerprint density at radius 3 is 2.61 bits per heavy atom. The molecular formula is C15H20O3. The quantitative estimate of drug-likeness (QED) is 0.824. The minimum Gasteiger partial charge on any atom is -0.381 e. The summed E-state index contributed by atoms with van der Waals surface area (Å²) in [6.07, 6.45) is 3.53. The zero-order chi connectivity index (χ0) is 13.0. The Balaban J connectivity index is 2.55. The van der Waals surface area contributed by atoms with Gasteiger partial charge in [-0.15, -0.1) is 0 Å². The van der Waals surface area contributed by atoms with Crippen molar-refractivity contribution in [1.29, 1.82) is 0 Å². The fourth-order valence-corrected chi connectivity index (χ4v) is 2.73. The monoisotopic (exact) mass is 248 g/mol. The molecule has 98 valence electrons. The van der Waals surface area contributed by atoms with Crippen LogP contribution in [-0.2, 0) is 26.3 Å². The van der Waals surface area contributed by atoms with Crippen LogP contribution >= 0.6 is 0 Å². The van der Waals surface area contributed by atoms with Gasteiger partial charge >= 0.3 is 0 Å². The van der Waals surface area contributed by atoms with Crippen LogP contribution in [0, 0.1) is 0 Å². The lowest BCUT2D eigenvalue weighted by molar-refractivity contribution is -0.150. The van der Waals surface area contributed by atoms with Crippen LogP contribution in [0.5, 0.6) is 0 Å². The van der Waals surface area contributed by atoms with Crippen LogP contribution in [-0.4, -0.2) is 26.6 Å². The van der Waals surface area contributed by atoms with E-state index in [0.29, 0.717) is 6.42 Å². The lowest BCUT2D eigenvalue weighted by atomic mass is 9.81. The molecule has 0 radical (unpaired) electrons. The average molecular weight is 248 g/mol. The third-order valence-corrected chi connectivity index (χ3v) is 3.70. The molecule has 0 saturated carbocycles. The van der Waals surface area contributed by atoms with E-state index in [9.17, 15) is 4.79 Å². The van der Waals surface area contributed by atoms with Crippen LogP contribution in [0.25, 0.3) is 0 Å². The number of rotatable bonds is 3. The second kappa shape index (κ2) is 5.63. The molecule has 3 heteroatoms. The SMILES string of the molecule is COCC1(OC)C(=O)CCCCc2ccccc21. The first-order valence-corrected chi connectivity index (χ1v) is 6.40. The molecule has 0 heterocycles. The number of methoxy groups -OCH3 is 2. The lowest BCUT2D eigenvalue weighted by Crippen LogP contribution is -2.43. The highest BCUT2D eigenvalue weighted by Crippen LogP contribution is 2.34. The fraction of sp³-hybridized carbons (Fsp3) is 0.533. The summed E-state index contributed by atoms with van der Waals surface area (Å²) < 4.78 is 10.9. The van der Waals surface area contributed by atoms with Crippen LogP contribution in [0.2, 0.25) is 0 Å². The fourth-order valence-electron chi connectivity index (χ4n) is 2.73. The molecule has 2 rings (SSSR count). The Labute approximate surface area is 108 Å². The van der Waals surface area contributed by atoms with Gasteiger partial charge in [-0.3, -0.25) is 4.79 Å². The predicted octanol–water partition coefficient (Wildman–Crippen LogP) is 2.47. The molecule has 0 bridgehead atoms. The van der Waals surface area contributed by atoms with E-state index in [4.69, 9.17) is 9.47 Å². The highest BCUT2D eigenvalue weighted by atomic mass is 16.5. The molecule has 0 amide bonds. The van der Waals surface area contributed by atoms with Gasteiger partial charge in [-0.05, 0) is 30.4 Å². The second-order valence-corrected chi connectivity index (χ2v) is 4.75. The number of ketones is 1. The van der Waals surface area contributed by atoms with E-state index in [1.54, 1.807) is 14.2 Å². The third kappa shape index (κ3) is 2.20. The van der Waals surface area contributed by atoms with Crippen molar-refractivity contribution in [2.75, 3.05) is 20.8 Å². The van der Waals surface area contributed by atoms with Crippen molar-refractivity contribution in [3.63, 3.8) is 0 Å². The smallest absolute Gasteiger partial charge is 0.174 e. The number of aryl methyl sites for hydroxylation is 1. The number of hydrogen-bond acceptors (Lipinski definition) is 3.